The molecule has 2 aliphatic rings. The molecule has 5 rings (SSSR count). The fraction of sp³-hybridized carbons (Fsp3) is 0.400. The van der Waals surface area contributed by atoms with Crippen molar-refractivity contribution in [1.29, 1.82) is 0 Å². The topological polar surface area (TPSA) is 87.5 Å². The number of hydrogen-bond acceptors (Lipinski definition) is 6. The monoisotopic (exact) mass is 459 g/mol. The van der Waals surface area contributed by atoms with E-state index in [0.717, 1.165) is 28.7 Å². The summed E-state index contributed by atoms with van der Waals surface area (Å²) >= 11 is 0. The Morgan fingerprint density at radius 3 is 2.35 bits per heavy atom. The van der Waals surface area contributed by atoms with E-state index in [0.29, 0.717) is 38.5 Å². The van der Waals surface area contributed by atoms with Crippen molar-refractivity contribution < 1.29 is 9.59 Å². The van der Waals surface area contributed by atoms with Crippen molar-refractivity contribution in [3.63, 3.8) is 0 Å². The Hall–Kier alpha value is -3.75. The second kappa shape index (κ2) is 8.89. The highest BCUT2D eigenvalue weighted by Gasteiger charge is 2.38. The van der Waals surface area contributed by atoms with Gasteiger partial charge in [0, 0.05) is 56.6 Å². The molecule has 1 unspecified atom stereocenters. The number of imidazole rings is 1. The van der Waals surface area contributed by atoms with Crippen molar-refractivity contribution in [2.75, 3.05) is 42.5 Å². The molecule has 2 aliphatic heterocycles. The summed E-state index contributed by atoms with van der Waals surface area (Å²) in [6.45, 7) is 8.93. The summed E-state index contributed by atoms with van der Waals surface area (Å²) in [5.74, 6) is 2.13. The second-order valence-electron chi connectivity index (χ2n) is 8.97. The highest BCUT2D eigenvalue weighted by atomic mass is 16.2. The molecular weight excluding hydrogens is 430 g/mol. The summed E-state index contributed by atoms with van der Waals surface area (Å²) in [4.78, 5) is 45.2. The number of aromatic nitrogens is 4. The maximum atomic E-state index is 13.2. The van der Waals surface area contributed by atoms with Gasteiger partial charge >= 0.3 is 0 Å². The van der Waals surface area contributed by atoms with Crippen LogP contribution in [0, 0.1) is 26.7 Å². The Kier molecular flexibility index (Phi) is 5.77. The first-order valence-electron chi connectivity index (χ1n) is 11.7. The van der Waals surface area contributed by atoms with Crippen LogP contribution in [0.5, 0.6) is 0 Å². The highest BCUT2D eigenvalue weighted by Crippen LogP contribution is 2.27. The van der Waals surface area contributed by atoms with Crippen LogP contribution in [0.4, 0.5) is 11.5 Å². The first-order valence-corrected chi connectivity index (χ1v) is 11.7. The molecule has 176 valence electrons. The molecule has 3 aromatic rings. The van der Waals surface area contributed by atoms with E-state index in [1.807, 2.05) is 66.6 Å². The number of rotatable bonds is 4. The van der Waals surface area contributed by atoms with Crippen molar-refractivity contribution in [3.8, 4) is 5.82 Å². The Balaban J connectivity index is 1.24. The molecule has 9 heteroatoms. The zero-order chi connectivity index (χ0) is 23.8. The molecule has 2 amide bonds. The standard InChI is InChI=1S/C25H29N7O2/c1-17-18(2)32(16-26-17)23-14-22(27-19(3)28-23)29-9-11-30(12-10-29)25(34)20-13-24(33)31(15-20)21-7-5-4-6-8-21/h4-8,14,16,20H,9-13,15H2,1-3H3. The number of nitrogens with zero attached hydrogens (tertiary/aromatic N) is 7. The van der Waals surface area contributed by atoms with Crippen molar-refractivity contribution in [1.82, 2.24) is 24.4 Å². The second-order valence-corrected chi connectivity index (χ2v) is 8.97. The number of hydrogen-bond donors (Lipinski definition) is 0. The summed E-state index contributed by atoms with van der Waals surface area (Å²) in [5.41, 5.74) is 2.88. The number of carbonyl (C=O) groups is 2. The fourth-order valence-corrected chi connectivity index (χ4v) is 4.70. The number of benzene rings is 1. The number of anilines is 2. The van der Waals surface area contributed by atoms with Gasteiger partial charge in [0.05, 0.1) is 11.6 Å². The molecular formula is C25H29N7O2. The summed E-state index contributed by atoms with van der Waals surface area (Å²) < 4.78 is 1.98. The van der Waals surface area contributed by atoms with Crippen molar-refractivity contribution >= 4 is 23.3 Å². The third-order valence-electron chi connectivity index (χ3n) is 6.77. The molecule has 0 saturated carbocycles. The van der Waals surface area contributed by atoms with Crippen LogP contribution in [0.15, 0.2) is 42.7 Å². The normalized spacial score (nSPS) is 18.6. The van der Waals surface area contributed by atoms with Crippen LogP contribution in [-0.4, -0.2) is 69.0 Å². The van der Waals surface area contributed by atoms with E-state index >= 15 is 0 Å². The van der Waals surface area contributed by atoms with Crippen molar-refractivity contribution in [2.45, 2.75) is 27.2 Å². The molecule has 0 spiro atoms. The number of amides is 2. The molecule has 1 atom stereocenters. The van der Waals surface area contributed by atoms with E-state index in [4.69, 9.17) is 0 Å². The van der Waals surface area contributed by atoms with Gasteiger partial charge in [-0.25, -0.2) is 15.0 Å². The van der Waals surface area contributed by atoms with Crippen molar-refractivity contribution in [2.24, 2.45) is 5.92 Å². The van der Waals surface area contributed by atoms with Gasteiger partial charge in [0.2, 0.25) is 11.8 Å². The fourth-order valence-electron chi connectivity index (χ4n) is 4.70. The zero-order valence-corrected chi connectivity index (χ0v) is 19.8. The maximum Gasteiger partial charge on any atom is 0.228 e. The minimum absolute atomic E-state index is 0.0113. The number of para-hydroxylation sites is 1. The molecule has 2 aromatic heterocycles. The van der Waals surface area contributed by atoms with Gasteiger partial charge in [0.25, 0.3) is 0 Å². The Labute approximate surface area is 199 Å². The van der Waals surface area contributed by atoms with E-state index in [1.165, 1.54) is 0 Å². The SMILES string of the molecule is Cc1nc(N2CCN(C(=O)C3CC(=O)N(c4ccccc4)C3)CC2)cc(-n2cnc(C)c2C)n1. The van der Waals surface area contributed by atoms with E-state index < -0.39 is 0 Å². The Morgan fingerprint density at radius 1 is 0.971 bits per heavy atom. The van der Waals surface area contributed by atoms with Crippen LogP contribution in [0.25, 0.3) is 5.82 Å². The van der Waals surface area contributed by atoms with Gasteiger partial charge in [-0.3, -0.25) is 14.2 Å². The Morgan fingerprint density at radius 2 is 1.68 bits per heavy atom. The molecule has 1 aromatic carbocycles. The van der Waals surface area contributed by atoms with Crippen LogP contribution in [0.2, 0.25) is 0 Å². The summed E-state index contributed by atoms with van der Waals surface area (Å²) in [7, 11) is 0. The summed E-state index contributed by atoms with van der Waals surface area (Å²) in [6.07, 6.45) is 2.06. The summed E-state index contributed by atoms with van der Waals surface area (Å²) in [5, 5.41) is 0. The first kappa shape index (κ1) is 22.1. The van der Waals surface area contributed by atoms with E-state index in [9.17, 15) is 9.59 Å². The molecule has 0 radical (unpaired) electrons. The maximum absolute atomic E-state index is 13.2. The van der Waals surface area contributed by atoms with E-state index in [1.54, 1.807) is 11.2 Å². The number of piperazine rings is 1. The van der Waals surface area contributed by atoms with Gasteiger partial charge in [0.15, 0.2) is 0 Å². The van der Waals surface area contributed by atoms with Crippen LogP contribution in [-0.2, 0) is 9.59 Å². The zero-order valence-electron chi connectivity index (χ0n) is 19.8. The van der Waals surface area contributed by atoms with Gasteiger partial charge in [0.1, 0.15) is 23.8 Å². The molecule has 2 saturated heterocycles. The average molecular weight is 460 g/mol. The largest absolute Gasteiger partial charge is 0.353 e. The lowest BCUT2D eigenvalue weighted by Gasteiger charge is -2.36. The number of carbonyl (C=O) groups excluding carboxylic acids is 2. The third-order valence-corrected chi connectivity index (χ3v) is 6.77. The number of aryl methyl sites for hydroxylation is 2. The van der Waals surface area contributed by atoms with Gasteiger partial charge in [-0.2, -0.15) is 0 Å². The predicted molar refractivity (Wildman–Crippen MR) is 129 cm³/mol. The van der Waals surface area contributed by atoms with Crippen LogP contribution in [0.1, 0.15) is 23.6 Å². The molecule has 9 nitrogen and oxygen atoms in total. The molecule has 4 heterocycles. The molecule has 0 N–H and O–H groups in total. The Bertz CT molecular complexity index is 1220. The van der Waals surface area contributed by atoms with Gasteiger partial charge in [-0.1, -0.05) is 18.2 Å². The van der Waals surface area contributed by atoms with Crippen LogP contribution < -0.4 is 9.80 Å². The molecule has 2 fully saturated rings. The molecule has 0 aliphatic carbocycles. The quantitative estimate of drug-likeness (QED) is 0.595. The molecule has 34 heavy (non-hydrogen) atoms. The highest BCUT2D eigenvalue weighted by molar-refractivity contribution is 6.00. The van der Waals surface area contributed by atoms with Gasteiger partial charge in [-0.05, 0) is 32.9 Å². The van der Waals surface area contributed by atoms with Crippen LogP contribution in [0.3, 0.4) is 0 Å². The third kappa shape index (κ3) is 4.13. The minimum Gasteiger partial charge on any atom is -0.353 e. The smallest absolute Gasteiger partial charge is 0.228 e. The lowest BCUT2D eigenvalue weighted by atomic mass is 10.1. The van der Waals surface area contributed by atoms with E-state index in [2.05, 4.69) is 19.9 Å². The lowest BCUT2D eigenvalue weighted by molar-refractivity contribution is -0.136. The van der Waals surface area contributed by atoms with E-state index in [-0.39, 0.29) is 24.2 Å². The van der Waals surface area contributed by atoms with Crippen LogP contribution >= 0.6 is 0 Å². The first-order chi connectivity index (χ1) is 16.4. The van der Waals surface area contributed by atoms with Gasteiger partial charge in [-0.15, -0.1) is 0 Å². The average Bonchev–Trinajstić information content (AvgIpc) is 3.41. The predicted octanol–water partition coefficient (Wildman–Crippen LogP) is 2.29. The lowest BCUT2D eigenvalue weighted by Crippen LogP contribution is -2.51. The van der Waals surface area contributed by atoms with Gasteiger partial charge < -0.3 is 14.7 Å². The minimum atomic E-state index is -0.292. The summed E-state index contributed by atoms with van der Waals surface area (Å²) in [6, 6.07) is 11.5. The molecule has 0 bridgehead atoms. The van der Waals surface area contributed by atoms with Crippen molar-refractivity contribution in [3.05, 3.63) is 59.9 Å².